The Bertz CT molecular complexity index is 603. The van der Waals surface area contributed by atoms with Gasteiger partial charge in [-0.05, 0) is 36.8 Å². The first-order valence-corrected chi connectivity index (χ1v) is 9.35. The highest BCUT2D eigenvalue weighted by Crippen LogP contribution is 2.34. The maximum absolute atomic E-state index is 12.2. The van der Waals surface area contributed by atoms with Crippen LogP contribution in [0, 0.1) is 0 Å². The fraction of sp³-hybridized carbons (Fsp3) is 0.625. The van der Waals surface area contributed by atoms with Crippen LogP contribution in [-0.4, -0.2) is 38.0 Å². The van der Waals surface area contributed by atoms with Crippen LogP contribution in [0.15, 0.2) is 24.3 Å². The fourth-order valence-corrected chi connectivity index (χ4v) is 3.91. The number of hydrogen-bond donors (Lipinski definition) is 2. The van der Waals surface area contributed by atoms with Gasteiger partial charge in [0.2, 0.25) is 0 Å². The summed E-state index contributed by atoms with van der Waals surface area (Å²) in [5.74, 6) is 0. The molecule has 1 aliphatic carbocycles. The molecule has 22 heavy (non-hydrogen) atoms. The molecule has 0 saturated carbocycles. The Morgan fingerprint density at radius 3 is 2.82 bits per heavy atom. The first-order valence-electron chi connectivity index (χ1n) is 7.91. The molecule has 1 aromatic rings. The summed E-state index contributed by atoms with van der Waals surface area (Å²) in [6.45, 7) is 2.53. The zero-order valence-electron chi connectivity index (χ0n) is 13.4. The van der Waals surface area contributed by atoms with Crippen LogP contribution in [0.1, 0.15) is 43.7 Å². The van der Waals surface area contributed by atoms with E-state index in [0.717, 1.165) is 36.8 Å². The highest BCUT2D eigenvalue weighted by Gasteiger charge is 2.35. The summed E-state index contributed by atoms with van der Waals surface area (Å²) in [6, 6.07) is 7.73. The van der Waals surface area contributed by atoms with Crippen molar-refractivity contribution in [3.8, 4) is 0 Å². The van der Waals surface area contributed by atoms with Crippen molar-refractivity contribution in [1.29, 1.82) is 0 Å². The van der Waals surface area contributed by atoms with Crippen LogP contribution in [0.3, 0.4) is 0 Å². The average molecular weight is 326 g/mol. The monoisotopic (exact) mass is 326 g/mol. The quantitative estimate of drug-likeness (QED) is 0.802. The van der Waals surface area contributed by atoms with Gasteiger partial charge in [0.25, 0.3) is 10.2 Å². The SMILES string of the molecule is CCCCN(C)S(=O)(=O)NCC1(O)CCCc2ccccc21. The van der Waals surface area contributed by atoms with Gasteiger partial charge in [-0.3, -0.25) is 0 Å². The molecule has 0 bridgehead atoms. The Kier molecular flexibility index (Phi) is 5.60. The maximum Gasteiger partial charge on any atom is 0.279 e. The second kappa shape index (κ2) is 7.08. The lowest BCUT2D eigenvalue weighted by Crippen LogP contribution is -2.47. The van der Waals surface area contributed by atoms with E-state index >= 15 is 0 Å². The number of aryl methyl sites for hydroxylation is 1. The van der Waals surface area contributed by atoms with Gasteiger partial charge in [-0.1, -0.05) is 37.6 Å². The summed E-state index contributed by atoms with van der Waals surface area (Å²) in [5, 5.41) is 10.9. The molecule has 1 unspecified atom stereocenters. The van der Waals surface area contributed by atoms with E-state index in [1.807, 2.05) is 31.2 Å². The van der Waals surface area contributed by atoms with Gasteiger partial charge in [0.15, 0.2) is 0 Å². The Morgan fingerprint density at radius 1 is 1.36 bits per heavy atom. The van der Waals surface area contributed by atoms with Gasteiger partial charge in [0.05, 0.1) is 0 Å². The Morgan fingerprint density at radius 2 is 2.09 bits per heavy atom. The van der Waals surface area contributed by atoms with E-state index in [2.05, 4.69) is 4.72 Å². The van der Waals surface area contributed by atoms with Crippen LogP contribution in [0.25, 0.3) is 0 Å². The number of nitrogens with one attached hydrogen (secondary N) is 1. The maximum atomic E-state index is 12.2. The molecule has 0 heterocycles. The van der Waals surface area contributed by atoms with Crippen molar-refractivity contribution < 1.29 is 13.5 Å². The molecule has 0 fully saturated rings. The third-order valence-electron chi connectivity index (χ3n) is 4.34. The van der Waals surface area contributed by atoms with Crippen molar-refractivity contribution >= 4 is 10.2 Å². The molecule has 6 heteroatoms. The van der Waals surface area contributed by atoms with Crippen molar-refractivity contribution in [3.63, 3.8) is 0 Å². The first-order chi connectivity index (χ1) is 10.4. The van der Waals surface area contributed by atoms with Gasteiger partial charge < -0.3 is 5.11 Å². The molecule has 0 aliphatic heterocycles. The van der Waals surface area contributed by atoms with Crippen LogP contribution in [0.2, 0.25) is 0 Å². The third kappa shape index (κ3) is 3.87. The lowest BCUT2D eigenvalue weighted by molar-refractivity contribution is 0.0240. The van der Waals surface area contributed by atoms with Gasteiger partial charge in [0, 0.05) is 20.1 Å². The predicted octanol–water partition coefficient (Wildman–Crippen LogP) is 1.78. The Balaban J connectivity index is 2.08. The lowest BCUT2D eigenvalue weighted by atomic mass is 9.79. The van der Waals surface area contributed by atoms with Crippen molar-refractivity contribution in [2.75, 3.05) is 20.1 Å². The summed E-state index contributed by atoms with van der Waals surface area (Å²) in [4.78, 5) is 0. The minimum absolute atomic E-state index is 0.0167. The molecule has 0 amide bonds. The van der Waals surface area contributed by atoms with Gasteiger partial charge in [0.1, 0.15) is 5.60 Å². The van der Waals surface area contributed by atoms with Crippen molar-refractivity contribution in [1.82, 2.24) is 9.03 Å². The number of aliphatic hydroxyl groups is 1. The number of benzene rings is 1. The molecule has 2 N–H and O–H groups in total. The second-order valence-corrected chi connectivity index (χ2v) is 7.91. The third-order valence-corrected chi connectivity index (χ3v) is 5.85. The highest BCUT2D eigenvalue weighted by molar-refractivity contribution is 7.87. The molecule has 1 aliphatic rings. The second-order valence-electron chi connectivity index (χ2n) is 6.04. The molecule has 1 atom stereocenters. The smallest absolute Gasteiger partial charge is 0.279 e. The van der Waals surface area contributed by atoms with E-state index in [-0.39, 0.29) is 6.54 Å². The van der Waals surface area contributed by atoms with Gasteiger partial charge in [-0.15, -0.1) is 0 Å². The van der Waals surface area contributed by atoms with Gasteiger partial charge in [-0.2, -0.15) is 17.4 Å². The van der Waals surface area contributed by atoms with E-state index < -0.39 is 15.8 Å². The summed E-state index contributed by atoms with van der Waals surface area (Å²) in [5.41, 5.74) is 0.836. The van der Waals surface area contributed by atoms with Crippen LogP contribution < -0.4 is 4.72 Å². The van der Waals surface area contributed by atoms with E-state index in [1.54, 1.807) is 7.05 Å². The lowest BCUT2D eigenvalue weighted by Gasteiger charge is -2.35. The number of unbranched alkanes of at least 4 members (excludes halogenated alkanes) is 1. The molecule has 0 aromatic heterocycles. The summed E-state index contributed by atoms with van der Waals surface area (Å²) < 4.78 is 28.4. The minimum Gasteiger partial charge on any atom is -0.384 e. The number of nitrogens with zero attached hydrogens (tertiary/aromatic N) is 1. The zero-order chi connectivity index (χ0) is 16.2. The van der Waals surface area contributed by atoms with Crippen LogP contribution in [0.5, 0.6) is 0 Å². The van der Waals surface area contributed by atoms with Gasteiger partial charge in [-0.25, -0.2) is 0 Å². The molecule has 124 valence electrons. The largest absolute Gasteiger partial charge is 0.384 e. The molecule has 2 rings (SSSR count). The average Bonchev–Trinajstić information content (AvgIpc) is 2.51. The topological polar surface area (TPSA) is 69.6 Å². The molecule has 0 radical (unpaired) electrons. The highest BCUT2D eigenvalue weighted by atomic mass is 32.2. The molecule has 0 saturated heterocycles. The van der Waals surface area contributed by atoms with Crippen LogP contribution >= 0.6 is 0 Å². The van der Waals surface area contributed by atoms with Crippen LogP contribution in [0.4, 0.5) is 0 Å². The van der Waals surface area contributed by atoms with Crippen molar-refractivity contribution in [2.24, 2.45) is 0 Å². The Labute approximate surface area is 133 Å². The molecule has 5 nitrogen and oxygen atoms in total. The van der Waals surface area contributed by atoms with Crippen molar-refractivity contribution in [2.45, 2.75) is 44.6 Å². The molecular weight excluding hydrogens is 300 g/mol. The van der Waals surface area contributed by atoms with E-state index in [4.69, 9.17) is 0 Å². The summed E-state index contributed by atoms with van der Waals surface area (Å²) in [6.07, 6.45) is 4.13. The molecular formula is C16H26N2O3S. The van der Waals surface area contributed by atoms with Crippen LogP contribution in [-0.2, 0) is 22.2 Å². The minimum atomic E-state index is -3.55. The van der Waals surface area contributed by atoms with Gasteiger partial charge >= 0.3 is 0 Å². The normalized spacial score (nSPS) is 21.8. The molecule has 0 spiro atoms. The van der Waals surface area contributed by atoms with E-state index in [1.165, 1.54) is 4.31 Å². The zero-order valence-corrected chi connectivity index (χ0v) is 14.2. The number of hydrogen-bond acceptors (Lipinski definition) is 3. The first kappa shape index (κ1) is 17.4. The standard InChI is InChI=1S/C16H26N2O3S/c1-3-4-12-18(2)22(20,21)17-13-16(19)11-7-9-14-8-5-6-10-15(14)16/h5-6,8,10,17,19H,3-4,7,9,11-13H2,1-2H3. The number of fused-ring (bicyclic) bond motifs is 1. The summed E-state index contributed by atoms with van der Waals surface area (Å²) >= 11 is 0. The van der Waals surface area contributed by atoms with E-state index in [0.29, 0.717) is 13.0 Å². The summed E-state index contributed by atoms with van der Waals surface area (Å²) in [7, 11) is -1.98. The predicted molar refractivity (Wildman–Crippen MR) is 87.7 cm³/mol. The number of rotatable bonds is 7. The molecule has 1 aromatic carbocycles. The van der Waals surface area contributed by atoms with E-state index in [9.17, 15) is 13.5 Å². The fourth-order valence-electron chi connectivity index (χ4n) is 2.90. The van der Waals surface area contributed by atoms with Crippen molar-refractivity contribution in [3.05, 3.63) is 35.4 Å². The Hall–Kier alpha value is -0.950.